The largest absolute Gasteiger partial charge is 0.493 e. The van der Waals surface area contributed by atoms with E-state index < -0.39 is 0 Å². The van der Waals surface area contributed by atoms with Gasteiger partial charge in [-0.25, -0.2) is 4.70 Å². The van der Waals surface area contributed by atoms with Crippen LogP contribution in [0.2, 0.25) is 0 Å². The number of benzene rings is 2. The smallest absolute Gasteiger partial charge is 0.223 e. The van der Waals surface area contributed by atoms with Crippen molar-refractivity contribution in [2.45, 2.75) is 229 Å². The topological polar surface area (TPSA) is 25.3 Å². The second-order valence-electron chi connectivity index (χ2n) is 16.3. The molecular weight excluding hydrogens is 665 g/mol. The van der Waals surface area contributed by atoms with Gasteiger partial charge in [0, 0.05) is 23.1 Å². The van der Waals surface area contributed by atoms with Crippen molar-refractivity contribution < 1.29 is 4.70 Å². The summed E-state index contributed by atoms with van der Waals surface area (Å²) in [4.78, 5) is 0. The molecule has 0 aliphatic carbocycles. The van der Waals surface area contributed by atoms with E-state index in [0.717, 1.165) is 92.3 Å². The van der Waals surface area contributed by atoms with Crippen molar-refractivity contribution in [2.75, 3.05) is 0 Å². The summed E-state index contributed by atoms with van der Waals surface area (Å²) in [7, 11) is 0. The number of rotatable bonds is 28. The average molecular weight is 747 g/mol. The number of aryl methyl sites for hydroxylation is 4. The molecule has 0 fully saturated rings. The molecule has 0 bridgehead atoms. The summed E-state index contributed by atoms with van der Waals surface area (Å²) < 4.78 is 1.56. The molecule has 1 aliphatic rings. The molecule has 1 aliphatic heterocycles. The molecule has 0 saturated carbocycles. The van der Waals surface area contributed by atoms with E-state index in [1.807, 2.05) is 0 Å². The Morgan fingerprint density at radius 2 is 0.800 bits per heavy atom. The maximum absolute atomic E-state index is 12.5. The van der Waals surface area contributed by atoms with Crippen LogP contribution in [-0.4, -0.2) is 4.70 Å². The van der Waals surface area contributed by atoms with Crippen molar-refractivity contribution in [3.05, 3.63) is 85.5 Å². The predicted molar refractivity (Wildman–Crippen MR) is 243 cm³/mol. The molecule has 3 rings (SSSR count). The first kappa shape index (κ1) is 46.5. The van der Waals surface area contributed by atoms with Crippen LogP contribution < -0.4 is 0 Å². The number of allylic oxidation sites excluding steroid dienone is 2. The summed E-state index contributed by atoms with van der Waals surface area (Å²) in [6, 6.07) is 9.47. The second-order valence-corrected chi connectivity index (χ2v) is 16.3. The quantitative estimate of drug-likeness (QED) is 0.0471. The first-order valence-corrected chi connectivity index (χ1v) is 23.7. The van der Waals surface area contributed by atoms with E-state index in [1.54, 1.807) is 4.70 Å². The number of hydrogen-bond donors (Lipinski definition) is 0. The fourth-order valence-corrected chi connectivity index (χ4v) is 9.05. The molecular formula is C53H82N2. The molecule has 2 aromatic carbocycles. The van der Waals surface area contributed by atoms with E-state index in [9.17, 15) is 5.53 Å². The summed E-state index contributed by atoms with van der Waals surface area (Å²) in [6.07, 6.45) is 33.3. The highest BCUT2D eigenvalue weighted by Crippen LogP contribution is 2.44. The molecule has 2 nitrogen and oxygen atoms in total. The Bertz CT molecular complexity index is 1540. The van der Waals surface area contributed by atoms with Crippen molar-refractivity contribution >= 4 is 11.4 Å². The van der Waals surface area contributed by atoms with Gasteiger partial charge in [-0.2, -0.15) is 0 Å². The Morgan fingerprint density at radius 3 is 1.18 bits per heavy atom. The fraction of sp³-hybridized carbons (Fsp3) is 0.660. The van der Waals surface area contributed by atoms with E-state index in [4.69, 9.17) is 0 Å². The predicted octanol–water partition coefficient (Wildman–Crippen LogP) is 16.5. The maximum atomic E-state index is 12.5. The highest BCUT2D eigenvalue weighted by Gasteiger charge is 2.36. The Balaban J connectivity index is 1.87. The summed E-state index contributed by atoms with van der Waals surface area (Å²) >= 11 is 0. The van der Waals surface area contributed by atoms with Crippen molar-refractivity contribution in [1.82, 2.24) is 0 Å². The third-order valence-corrected chi connectivity index (χ3v) is 12.3. The van der Waals surface area contributed by atoms with Gasteiger partial charge in [0.25, 0.3) is 0 Å². The third-order valence-electron chi connectivity index (χ3n) is 12.3. The van der Waals surface area contributed by atoms with Gasteiger partial charge >= 0.3 is 0 Å². The number of nitrogens with zero attached hydrogens (tertiary/aromatic N) is 2. The van der Waals surface area contributed by atoms with E-state index in [-0.39, 0.29) is 0 Å². The van der Waals surface area contributed by atoms with E-state index in [2.05, 4.69) is 91.5 Å². The Kier molecular flexibility index (Phi) is 22.7. The van der Waals surface area contributed by atoms with Gasteiger partial charge in [-0.3, -0.25) is 0 Å². The summed E-state index contributed by atoms with van der Waals surface area (Å²) in [5.74, 6) is 7.42. The molecule has 0 aromatic heterocycles. The molecule has 1 heterocycles. The molecule has 2 heteroatoms. The van der Waals surface area contributed by atoms with Crippen molar-refractivity contribution in [3.63, 3.8) is 0 Å². The molecule has 0 amide bonds. The highest BCUT2D eigenvalue weighted by atomic mass is 15.2. The van der Waals surface area contributed by atoms with Crippen molar-refractivity contribution in [1.29, 1.82) is 0 Å². The van der Waals surface area contributed by atoms with E-state index in [0.29, 0.717) is 0 Å². The summed E-state index contributed by atoms with van der Waals surface area (Å²) in [5.41, 5.74) is 27.5. The molecule has 0 spiro atoms. The lowest BCUT2D eigenvalue weighted by Crippen LogP contribution is -2.07. The van der Waals surface area contributed by atoms with Crippen LogP contribution in [0, 0.1) is 11.8 Å². The SMILES string of the molecule is CCCCCCCCCCCCCCCCCC#CC1=C(c2cc(CC)c(CC)c(CC)c2)[N+](=[N-])C(c2cc(CC)c(CC)c(CC)c2)=C1CCCCCC. The first-order chi connectivity index (χ1) is 26.9. The van der Waals surface area contributed by atoms with Gasteiger partial charge in [0.05, 0.1) is 0 Å². The van der Waals surface area contributed by atoms with Crippen LogP contribution >= 0.6 is 0 Å². The minimum absolute atomic E-state index is 0.896. The molecule has 0 N–H and O–H groups in total. The lowest BCUT2D eigenvalue weighted by molar-refractivity contribution is -0.345. The standard InChI is InChI=1S/C53H82N2/c1-9-17-19-21-22-23-24-25-26-27-28-29-30-31-32-33-35-37-51-50(36-34-20-18-10-2)52(46-38-42(11-3)48(15-7)43(12-4)39-46)55(54)53(51)47-40-44(13-5)49(16-8)45(14-6)41-47/h38-41H,9-34,36H2,1-8H3. The molecule has 0 atom stereocenters. The zero-order valence-electron chi connectivity index (χ0n) is 37.3. The van der Waals surface area contributed by atoms with Gasteiger partial charge in [0.15, 0.2) is 0 Å². The Hall–Kier alpha value is -2.92. The van der Waals surface area contributed by atoms with E-state index >= 15 is 0 Å². The fourth-order valence-electron chi connectivity index (χ4n) is 9.05. The minimum Gasteiger partial charge on any atom is -0.493 e. The van der Waals surface area contributed by atoms with Crippen molar-refractivity contribution in [3.8, 4) is 11.8 Å². The van der Waals surface area contributed by atoms with Crippen LogP contribution in [-0.2, 0) is 38.5 Å². The summed E-state index contributed by atoms with van der Waals surface area (Å²) in [5, 5.41) is 0. The minimum atomic E-state index is 0.896. The molecule has 0 radical (unpaired) electrons. The van der Waals surface area contributed by atoms with Crippen LogP contribution in [0.3, 0.4) is 0 Å². The molecule has 304 valence electrons. The van der Waals surface area contributed by atoms with Crippen molar-refractivity contribution in [2.24, 2.45) is 0 Å². The van der Waals surface area contributed by atoms with Crippen LogP contribution in [0.15, 0.2) is 35.4 Å². The van der Waals surface area contributed by atoms with Gasteiger partial charge in [-0.05, 0) is 115 Å². The molecule has 55 heavy (non-hydrogen) atoms. The number of hydrogen-bond acceptors (Lipinski definition) is 0. The van der Waals surface area contributed by atoms with Gasteiger partial charge in [-0.1, -0.05) is 176 Å². The van der Waals surface area contributed by atoms with Gasteiger partial charge in [0.1, 0.15) is 5.57 Å². The highest BCUT2D eigenvalue weighted by molar-refractivity contribution is 5.86. The number of unbranched alkanes of at least 4 members (excludes halogenated alkanes) is 18. The Labute approximate surface area is 341 Å². The molecule has 0 unspecified atom stereocenters. The van der Waals surface area contributed by atoms with E-state index in [1.165, 1.54) is 148 Å². The Morgan fingerprint density at radius 1 is 0.436 bits per heavy atom. The summed E-state index contributed by atoms with van der Waals surface area (Å²) in [6.45, 7) is 18.2. The molecule has 2 aromatic rings. The average Bonchev–Trinajstić information content (AvgIpc) is 3.49. The van der Waals surface area contributed by atoms with Gasteiger partial charge < -0.3 is 5.53 Å². The zero-order valence-corrected chi connectivity index (χ0v) is 37.3. The zero-order chi connectivity index (χ0) is 39.8. The maximum Gasteiger partial charge on any atom is 0.223 e. The van der Waals surface area contributed by atoms with Crippen LogP contribution in [0.5, 0.6) is 0 Å². The third kappa shape index (κ3) is 13.9. The lowest BCUT2D eigenvalue weighted by atomic mass is 9.89. The first-order valence-electron chi connectivity index (χ1n) is 23.7. The van der Waals surface area contributed by atoms with Crippen LogP contribution in [0.1, 0.15) is 235 Å². The van der Waals surface area contributed by atoms with Gasteiger partial charge in [-0.15, -0.1) is 0 Å². The monoisotopic (exact) mass is 747 g/mol. The molecule has 0 saturated heterocycles. The van der Waals surface area contributed by atoms with Crippen LogP contribution in [0.25, 0.3) is 16.9 Å². The van der Waals surface area contributed by atoms with Gasteiger partial charge in [0.2, 0.25) is 11.4 Å². The normalized spacial score (nSPS) is 13.0. The van der Waals surface area contributed by atoms with Crippen LogP contribution in [0.4, 0.5) is 0 Å². The second kappa shape index (κ2) is 26.8. The lowest BCUT2D eigenvalue weighted by Gasteiger charge is -2.17.